The van der Waals surface area contributed by atoms with Crippen LogP contribution in [0.25, 0.3) is 5.69 Å². The van der Waals surface area contributed by atoms with Crippen LogP contribution in [0.2, 0.25) is 0 Å². The lowest BCUT2D eigenvalue weighted by molar-refractivity contribution is 0.0936. The predicted octanol–water partition coefficient (Wildman–Crippen LogP) is 2.78. The molecule has 0 saturated carbocycles. The van der Waals surface area contributed by atoms with Crippen molar-refractivity contribution < 1.29 is 9.53 Å². The molecule has 2 rings (SSSR count). The minimum Gasteiger partial charge on any atom is -0.383 e. The van der Waals surface area contributed by atoms with Gasteiger partial charge in [-0.15, -0.1) is 0 Å². The third-order valence-corrected chi connectivity index (χ3v) is 3.53. The zero-order valence-electron chi connectivity index (χ0n) is 13.1. The number of carbonyl (C=O) groups is 1. The summed E-state index contributed by atoms with van der Waals surface area (Å²) in [6.45, 7) is 7.09. The predicted molar refractivity (Wildman–Crippen MR) is 84.2 cm³/mol. The van der Waals surface area contributed by atoms with Crippen LogP contribution in [0, 0.1) is 20.8 Å². The minimum atomic E-state index is -0.0564. The first-order valence-electron chi connectivity index (χ1n) is 7.07. The van der Waals surface area contributed by atoms with Gasteiger partial charge in [0.25, 0.3) is 5.91 Å². The van der Waals surface area contributed by atoms with Crippen molar-refractivity contribution in [2.75, 3.05) is 20.3 Å². The second-order valence-electron chi connectivity index (χ2n) is 5.21. The summed E-state index contributed by atoms with van der Waals surface area (Å²) in [5, 5.41) is 2.87. The number of ether oxygens (including phenoxy) is 1. The van der Waals surface area contributed by atoms with Crippen LogP contribution < -0.4 is 5.32 Å². The van der Waals surface area contributed by atoms with E-state index in [0.29, 0.717) is 18.7 Å². The van der Waals surface area contributed by atoms with Gasteiger partial charge in [0, 0.05) is 30.7 Å². The molecule has 0 radical (unpaired) electrons. The van der Waals surface area contributed by atoms with E-state index in [-0.39, 0.29) is 5.91 Å². The molecule has 0 aliphatic heterocycles. The van der Waals surface area contributed by atoms with Gasteiger partial charge in [-0.25, -0.2) is 0 Å². The Morgan fingerprint density at radius 3 is 2.67 bits per heavy atom. The number of amides is 1. The average molecular weight is 286 g/mol. The van der Waals surface area contributed by atoms with Crippen LogP contribution in [-0.2, 0) is 4.74 Å². The Morgan fingerprint density at radius 1 is 1.24 bits per heavy atom. The number of aryl methyl sites for hydroxylation is 2. The van der Waals surface area contributed by atoms with Crippen molar-refractivity contribution in [3.63, 3.8) is 0 Å². The molecule has 1 N–H and O–H groups in total. The van der Waals surface area contributed by atoms with Gasteiger partial charge in [-0.2, -0.15) is 0 Å². The smallest absolute Gasteiger partial charge is 0.253 e. The van der Waals surface area contributed by atoms with E-state index in [0.717, 1.165) is 17.1 Å². The number of nitrogens with zero attached hydrogens (tertiary/aromatic N) is 1. The van der Waals surface area contributed by atoms with Gasteiger partial charge in [0.05, 0.1) is 12.2 Å². The first-order valence-corrected chi connectivity index (χ1v) is 7.07. The molecule has 0 fully saturated rings. The van der Waals surface area contributed by atoms with Crippen LogP contribution in [0.1, 0.15) is 27.3 Å². The summed E-state index contributed by atoms with van der Waals surface area (Å²) in [7, 11) is 1.62. The lowest BCUT2D eigenvalue weighted by Crippen LogP contribution is -2.27. The molecule has 0 spiro atoms. The molecular weight excluding hydrogens is 264 g/mol. The van der Waals surface area contributed by atoms with Crippen LogP contribution in [0.5, 0.6) is 0 Å². The van der Waals surface area contributed by atoms with E-state index in [1.807, 2.05) is 26.0 Å². The van der Waals surface area contributed by atoms with Gasteiger partial charge in [0.1, 0.15) is 0 Å². The van der Waals surface area contributed by atoms with Crippen molar-refractivity contribution in [3.05, 3.63) is 52.8 Å². The molecular formula is C17H22N2O2. The van der Waals surface area contributed by atoms with E-state index in [2.05, 4.69) is 35.0 Å². The third-order valence-electron chi connectivity index (χ3n) is 3.53. The van der Waals surface area contributed by atoms with Crippen LogP contribution in [0.3, 0.4) is 0 Å². The quantitative estimate of drug-likeness (QED) is 0.859. The van der Waals surface area contributed by atoms with Crippen molar-refractivity contribution >= 4 is 5.91 Å². The Labute approximate surface area is 125 Å². The van der Waals surface area contributed by atoms with Crippen LogP contribution >= 0.6 is 0 Å². The molecule has 4 nitrogen and oxygen atoms in total. The largest absolute Gasteiger partial charge is 0.383 e. The number of aromatic nitrogens is 1. The van der Waals surface area contributed by atoms with Crippen molar-refractivity contribution in [1.29, 1.82) is 0 Å². The van der Waals surface area contributed by atoms with Gasteiger partial charge < -0.3 is 14.6 Å². The molecule has 0 unspecified atom stereocenters. The standard InChI is InChI=1S/C17H22N2O2/c1-12-6-5-7-15(10-12)19-13(2)11-16(14(19)3)17(20)18-8-9-21-4/h5-7,10-11H,8-9H2,1-4H3,(H,18,20). The molecule has 21 heavy (non-hydrogen) atoms. The maximum absolute atomic E-state index is 12.2. The Morgan fingerprint density at radius 2 is 2.00 bits per heavy atom. The summed E-state index contributed by atoms with van der Waals surface area (Å²) in [5.74, 6) is -0.0564. The highest BCUT2D eigenvalue weighted by Crippen LogP contribution is 2.21. The average Bonchev–Trinajstić information content (AvgIpc) is 2.74. The number of methoxy groups -OCH3 is 1. The van der Waals surface area contributed by atoms with E-state index in [1.54, 1.807) is 7.11 Å². The molecule has 1 heterocycles. The van der Waals surface area contributed by atoms with Crippen molar-refractivity contribution in [2.24, 2.45) is 0 Å². The van der Waals surface area contributed by atoms with Crippen LogP contribution in [-0.4, -0.2) is 30.7 Å². The highest BCUT2D eigenvalue weighted by Gasteiger charge is 2.16. The molecule has 1 aromatic heterocycles. The second-order valence-corrected chi connectivity index (χ2v) is 5.21. The van der Waals surface area contributed by atoms with Gasteiger partial charge in [0.15, 0.2) is 0 Å². The van der Waals surface area contributed by atoms with E-state index in [1.165, 1.54) is 5.56 Å². The van der Waals surface area contributed by atoms with Crippen molar-refractivity contribution in [1.82, 2.24) is 9.88 Å². The highest BCUT2D eigenvalue weighted by molar-refractivity contribution is 5.95. The maximum atomic E-state index is 12.2. The zero-order valence-corrected chi connectivity index (χ0v) is 13.1. The fourth-order valence-electron chi connectivity index (χ4n) is 2.52. The fraction of sp³-hybridized carbons (Fsp3) is 0.353. The van der Waals surface area contributed by atoms with Gasteiger partial charge in [0.2, 0.25) is 0 Å². The van der Waals surface area contributed by atoms with Gasteiger partial charge in [-0.3, -0.25) is 4.79 Å². The number of hydrogen-bond donors (Lipinski definition) is 1. The number of benzene rings is 1. The van der Waals surface area contributed by atoms with Crippen molar-refractivity contribution in [3.8, 4) is 5.69 Å². The number of hydrogen-bond acceptors (Lipinski definition) is 2. The lowest BCUT2D eigenvalue weighted by atomic mass is 10.2. The Balaban J connectivity index is 2.31. The number of carbonyl (C=O) groups excluding carboxylic acids is 1. The number of rotatable bonds is 5. The lowest BCUT2D eigenvalue weighted by Gasteiger charge is -2.11. The number of nitrogens with one attached hydrogen (secondary N) is 1. The van der Waals surface area contributed by atoms with Crippen molar-refractivity contribution in [2.45, 2.75) is 20.8 Å². The first kappa shape index (κ1) is 15.3. The molecule has 1 aromatic carbocycles. The summed E-state index contributed by atoms with van der Waals surface area (Å²) >= 11 is 0. The summed E-state index contributed by atoms with van der Waals surface area (Å²) in [6, 6.07) is 10.2. The van der Waals surface area contributed by atoms with E-state index in [4.69, 9.17) is 4.74 Å². The zero-order chi connectivity index (χ0) is 15.4. The van der Waals surface area contributed by atoms with E-state index in [9.17, 15) is 4.79 Å². The highest BCUT2D eigenvalue weighted by atomic mass is 16.5. The normalized spacial score (nSPS) is 10.7. The summed E-state index contributed by atoms with van der Waals surface area (Å²) < 4.78 is 7.06. The Kier molecular flexibility index (Phi) is 4.81. The maximum Gasteiger partial charge on any atom is 0.253 e. The van der Waals surface area contributed by atoms with E-state index < -0.39 is 0 Å². The van der Waals surface area contributed by atoms with Gasteiger partial charge in [-0.05, 0) is 44.5 Å². The monoisotopic (exact) mass is 286 g/mol. The molecule has 0 aliphatic rings. The molecule has 4 heteroatoms. The second kappa shape index (κ2) is 6.59. The van der Waals surface area contributed by atoms with Crippen LogP contribution in [0.15, 0.2) is 30.3 Å². The first-order chi connectivity index (χ1) is 10.0. The van der Waals surface area contributed by atoms with Gasteiger partial charge in [-0.1, -0.05) is 12.1 Å². The summed E-state index contributed by atoms with van der Waals surface area (Å²) in [5.41, 5.74) is 5.00. The third kappa shape index (κ3) is 3.34. The topological polar surface area (TPSA) is 43.3 Å². The fourth-order valence-corrected chi connectivity index (χ4v) is 2.52. The van der Waals surface area contributed by atoms with Crippen LogP contribution in [0.4, 0.5) is 0 Å². The van der Waals surface area contributed by atoms with E-state index >= 15 is 0 Å². The molecule has 2 aromatic rings. The Hall–Kier alpha value is -2.07. The molecule has 0 bridgehead atoms. The summed E-state index contributed by atoms with van der Waals surface area (Å²) in [6.07, 6.45) is 0. The molecule has 0 atom stereocenters. The molecule has 0 aliphatic carbocycles. The minimum absolute atomic E-state index is 0.0564. The van der Waals surface area contributed by atoms with Gasteiger partial charge >= 0.3 is 0 Å². The SMILES string of the molecule is COCCNC(=O)c1cc(C)n(-c2cccc(C)c2)c1C. The Bertz CT molecular complexity index is 644. The molecule has 0 saturated heterocycles. The molecule has 1 amide bonds. The molecule has 112 valence electrons. The summed E-state index contributed by atoms with van der Waals surface area (Å²) in [4.78, 5) is 12.2.